The third kappa shape index (κ3) is 5.37. The number of hydrogen-bond donors (Lipinski definition) is 1. The zero-order valence-electron chi connectivity index (χ0n) is 18.8. The Labute approximate surface area is 194 Å². The highest BCUT2D eigenvalue weighted by Crippen LogP contribution is 2.28. The molecule has 1 amide bonds. The van der Waals surface area contributed by atoms with Gasteiger partial charge in [-0.2, -0.15) is 17.7 Å². The monoisotopic (exact) mass is 477 g/mol. The lowest BCUT2D eigenvalue weighted by molar-refractivity contribution is -0.146. The third-order valence-electron chi connectivity index (χ3n) is 5.73. The number of carbonyl (C=O) groups excluding carboxylic acids is 1. The molecule has 0 aromatic carbocycles. The summed E-state index contributed by atoms with van der Waals surface area (Å²) in [7, 11) is 0. The van der Waals surface area contributed by atoms with Crippen molar-refractivity contribution in [2.75, 3.05) is 24.6 Å². The molecule has 1 aliphatic rings. The number of nitrogens with one attached hydrogen (secondary N) is 1. The molecule has 3 aromatic rings. The molecule has 9 nitrogen and oxygen atoms in total. The molecule has 0 saturated carbocycles. The molecule has 0 radical (unpaired) electrons. The van der Waals surface area contributed by atoms with Crippen LogP contribution in [-0.4, -0.2) is 50.4 Å². The Bertz CT molecular complexity index is 1130. The van der Waals surface area contributed by atoms with Crippen LogP contribution in [0.2, 0.25) is 0 Å². The van der Waals surface area contributed by atoms with Crippen LogP contribution in [-0.2, 0) is 17.5 Å². The van der Waals surface area contributed by atoms with Crippen LogP contribution in [0.4, 0.5) is 19.0 Å². The number of halogens is 3. The van der Waals surface area contributed by atoms with E-state index in [2.05, 4.69) is 32.5 Å². The number of amides is 1. The van der Waals surface area contributed by atoms with Gasteiger partial charge in [0.1, 0.15) is 5.82 Å². The molecule has 0 spiro atoms. The lowest BCUT2D eigenvalue weighted by atomic mass is 9.96. The number of pyridine rings is 1. The number of carbonyl (C=O) groups is 1. The van der Waals surface area contributed by atoms with Crippen molar-refractivity contribution < 1.29 is 22.7 Å². The summed E-state index contributed by atoms with van der Waals surface area (Å²) in [5.74, 6) is -0.501. The van der Waals surface area contributed by atoms with Crippen molar-refractivity contribution in [3.8, 4) is 5.88 Å². The molecule has 4 heterocycles. The first-order chi connectivity index (χ1) is 16.4. The number of piperidine rings is 1. The molecule has 1 N–H and O–H groups in total. The van der Waals surface area contributed by atoms with Crippen molar-refractivity contribution in [3.05, 3.63) is 41.9 Å². The van der Waals surface area contributed by atoms with E-state index in [-0.39, 0.29) is 17.5 Å². The number of fused-ring (bicyclic) bond motifs is 1. The molecule has 1 fully saturated rings. The minimum atomic E-state index is -4.65. The molecule has 182 valence electrons. The normalized spacial score (nSPS) is 15.0. The van der Waals surface area contributed by atoms with Gasteiger partial charge in [0, 0.05) is 37.3 Å². The van der Waals surface area contributed by atoms with Crippen molar-refractivity contribution in [2.45, 2.75) is 45.3 Å². The van der Waals surface area contributed by atoms with Crippen LogP contribution < -0.4 is 15.0 Å². The Morgan fingerprint density at radius 2 is 2.00 bits per heavy atom. The summed E-state index contributed by atoms with van der Waals surface area (Å²) < 4.78 is 45.8. The fourth-order valence-electron chi connectivity index (χ4n) is 3.82. The Kier molecular flexibility index (Phi) is 7.13. The summed E-state index contributed by atoms with van der Waals surface area (Å²) in [5.41, 5.74) is 0.843. The van der Waals surface area contributed by atoms with Gasteiger partial charge >= 0.3 is 6.18 Å². The average molecular weight is 477 g/mol. The van der Waals surface area contributed by atoms with Crippen molar-refractivity contribution in [3.63, 3.8) is 0 Å². The number of hydrogen-bond acceptors (Lipinski definition) is 7. The second-order valence-corrected chi connectivity index (χ2v) is 8.13. The van der Waals surface area contributed by atoms with Crippen molar-refractivity contribution in [1.82, 2.24) is 30.1 Å². The highest BCUT2D eigenvalue weighted by atomic mass is 19.4. The zero-order chi connectivity index (χ0) is 24.1. The van der Waals surface area contributed by atoms with Crippen LogP contribution >= 0.6 is 0 Å². The lowest BCUT2D eigenvalue weighted by Crippen LogP contribution is -2.40. The molecule has 0 aliphatic carbocycles. The average Bonchev–Trinajstić information content (AvgIpc) is 3.27. The smallest absolute Gasteiger partial charge is 0.453 e. The zero-order valence-corrected chi connectivity index (χ0v) is 18.8. The van der Waals surface area contributed by atoms with Crippen molar-refractivity contribution in [2.24, 2.45) is 5.92 Å². The summed E-state index contributed by atoms with van der Waals surface area (Å²) in [5, 5.41) is 13.8. The maximum absolute atomic E-state index is 13.1. The third-order valence-corrected chi connectivity index (χ3v) is 5.73. The first kappa shape index (κ1) is 23.7. The van der Waals surface area contributed by atoms with Crippen molar-refractivity contribution >= 4 is 17.4 Å². The van der Waals surface area contributed by atoms with Crippen LogP contribution in [0.3, 0.4) is 0 Å². The van der Waals surface area contributed by atoms with E-state index >= 15 is 0 Å². The summed E-state index contributed by atoms with van der Waals surface area (Å²) in [6, 6.07) is 6.75. The molecule has 4 rings (SSSR count). The quantitative estimate of drug-likeness (QED) is 0.498. The number of nitrogens with zero attached hydrogens (tertiary/aromatic N) is 6. The Hall–Kier alpha value is -3.44. The standard InChI is InChI=1S/C22H26F3N7O2/c1-2-3-13-34-20-16(5-4-10-26-20)14-27-19(33)15-8-11-31(12-9-15)18-7-6-17-28-29-21(22(23,24)25)32(17)30-18/h4-7,10,15H,2-3,8-9,11-14H2,1H3,(H,27,33). The molecule has 0 unspecified atom stereocenters. The fraction of sp³-hybridized carbons (Fsp3) is 0.500. The Balaban J connectivity index is 1.33. The van der Waals surface area contributed by atoms with E-state index in [1.165, 1.54) is 6.07 Å². The molecular formula is C22H26F3N7O2. The van der Waals surface area contributed by atoms with Crippen LogP contribution in [0.5, 0.6) is 5.88 Å². The van der Waals surface area contributed by atoms with E-state index in [4.69, 9.17) is 4.74 Å². The van der Waals surface area contributed by atoms with Gasteiger partial charge in [-0.15, -0.1) is 15.3 Å². The molecule has 0 atom stereocenters. The van der Waals surface area contributed by atoms with E-state index in [9.17, 15) is 18.0 Å². The molecule has 3 aromatic heterocycles. The Morgan fingerprint density at radius 1 is 1.21 bits per heavy atom. The minimum Gasteiger partial charge on any atom is -0.477 e. The van der Waals surface area contributed by atoms with Gasteiger partial charge in [0.05, 0.1) is 6.61 Å². The van der Waals surface area contributed by atoms with Gasteiger partial charge in [-0.1, -0.05) is 19.4 Å². The SMILES string of the molecule is CCCCOc1ncccc1CNC(=O)C1CCN(c2ccc3nnc(C(F)(F)F)n3n2)CC1. The summed E-state index contributed by atoms with van der Waals surface area (Å²) in [6.45, 7) is 3.97. The highest BCUT2D eigenvalue weighted by Gasteiger charge is 2.38. The summed E-state index contributed by atoms with van der Waals surface area (Å²) >= 11 is 0. The van der Waals surface area contributed by atoms with Gasteiger partial charge < -0.3 is 15.0 Å². The van der Waals surface area contributed by atoms with E-state index in [0.717, 1.165) is 18.4 Å². The maximum Gasteiger partial charge on any atom is 0.453 e. The minimum absolute atomic E-state index is 0.0267. The maximum atomic E-state index is 13.1. The number of anilines is 1. The molecule has 0 bridgehead atoms. The molecule has 34 heavy (non-hydrogen) atoms. The van der Waals surface area contributed by atoms with Crippen LogP contribution in [0.15, 0.2) is 30.5 Å². The lowest BCUT2D eigenvalue weighted by Gasteiger charge is -2.32. The van der Waals surface area contributed by atoms with Gasteiger partial charge in [-0.25, -0.2) is 4.98 Å². The first-order valence-corrected chi connectivity index (χ1v) is 11.3. The predicted octanol–water partition coefficient (Wildman–Crippen LogP) is 3.25. The molecule has 12 heteroatoms. The van der Waals surface area contributed by atoms with Gasteiger partial charge in [-0.05, 0) is 37.5 Å². The fourth-order valence-corrected chi connectivity index (χ4v) is 3.82. The largest absolute Gasteiger partial charge is 0.477 e. The number of unbranched alkanes of at least 4 members (excludes halogenated alkanes) is 1. The van der Waals surface area contributed by atoms with E-state index in [0.29, 0.717) is 55.3 Å². The van der Waals surface area contributed by atoms with Crippen LogP contribution in [0.25, 0.3) is 5.65 Å². The van der Waals surface area contributed by atoms with Crippen LogP contribution in [0.1, 0.15) is 44.0 Å². The molecule has 1 saturated heterocycles. The number of alkyl halides is 3. The highest BCUT2D eigenvalue weighted by molar-refractivity contribution is 5.79. The summed E-state index contributed by atoms with van der Waals surface area (Å²) in [6.07, 6.45) is 0.0807. The topological polar surface area (TPSA) is 97.5 Å². The predicted molar refractivity (Wildman–Crippen MR) is 117 cm³/mol. The van der Waals surface area contributed by atoms with E-state index in [1.807, 2.05) is 11.0 Å². The molecule has 1 aliphatic heterocycles. The van der Waals surface area contributed by atoms with E-state index < -0.39 is 12.0 Å². The van der Waals surface area contributed by atoms with Crippen molar-refractivity contribution in [1.29, 1.82) is 0 Å². The number of aromatic nitrogens is 5. The number of rotatable bonds is 8. The summed E-state index contributed by atoms with van der Waals surface area (Å²) in [4.78, 5) is 18.8. The van der Waals surface area contributed by atoms with Gasteiger partial charge in [0.2, 0.25) is 11.8 Å². The second kappa shape index (κ2) is 10.2. The van der Waals surface area contributed by atoms with Crippen LogP contribution in [0, 0.1) is 5.92 Å². The second-order valence-electron chi connectivity index (χ2n) is 8.13. The molecular weight excluding hydrogens is 451 g/mol. The Morgan fingerprint density at radius 3 is 2.74 bits per heavy atom. The van der Waals surface area contributed by atoms with E-state index in [1.54, 1.807) is 18.3 Å². The van der Waals surface area contributed by atoms with Gasteiger partial charge in [0.15, 0.2) is 5.65 Å². The first-order valence-electron chi connectivity index (χ1n) is 11.3. The van der Waals surface area contributed by atoms with Gasteiger partial charge in [-0.3, -0.25) is 4.79 Å². The number of ether oxygens (including phenoxy) is 1. The van der Waals surface area contributed by atoms with Gasteiger partial charge in [0.25, 0.3) is 5.82 Å².